The minimum Gasteiger partial charge on any atom is -0.378 e. The monoisotopic (exact) mass is 255 g/mol. The van der Waals surface area contributed by atoms with Crippen LogP contribution in [0, 0.1) is 0 Å². The van der Waals surface area contributed by atoms with Crippen LogP contribution < -0.4 is 5.73 Å². The Balaban J connectivity index is 2.76. The van der Waals surface area contributed by atoms with Crippen molar-refractivity contribution in [3.8, 4) is 0 Å². The maximum atomic E-state index is 5.23. The van der Waals surface area contributed by atoms with Gasteiger partial charge in [-0.1, -0.05) is 15.9 Å². The summed E-state index contributed by atoms with van der Waals surface area (Å²) in [7, 11) is 0. The molecule has 5 heteroatoms. The van der Waals surface area contributed by atoms with E-state index < -0.39 is 0 Å². The molecule has 0 aromatic heterocycles. The molecular formula is C8H18BrNO3. The Labute approximate surface area is 87.8 Å². The van der Waals surface area contributed by atoms with Crippen LogP contribution in [0.15, 0.2) is 0 Å². The van der Waals surface area contributed by atoms with Gasteiger partial charge < -0.3 is 19.9 Å². The number of hydrogen-bond acceptors (Lipinski definition) is 4. The van der Waals surface area contributed by atoms with E-state index in [2.05, 4.69) is 15.9 Å². The zero-order chi connectivity index (χ0) is 9.78. The van der Waals surface area contributed by atoms with Crippen LogP contribution in [0.5, 0.6) is 0 Å². The predicted octanol–water partition coefficient (Wildman–Crippen LogP) is 0.390. The first-order chi connectivity index (χ1) is 6.41. The van der Waals surface area contributed by atoms with Crippen LogP contribution in [0.3, 0.4) is 0 Å². The normalized spacial score (nSPS) is 10.6. The number of nitrogens with two attached hydrogens (primary N) is 1. The molecule has 0 aliphatic carbocycles. The van der Waals surface area contributed by atoms with Crippen molar-refractivity contribution in [1.82, 2.24) is 0 Å². The van der Waals surface area contributed by atoms with Gasteiger partial charge in [-0.3, -0.25) is 0 Å². The molecule has 0 aromatic rings. The average molecular weight is 256 g/mol. The topological polar surface area (TPSA) is 53.7 Å². The first-order valence-corrected chi connectivity index (χ1v) is 5.53. The van der Waals surface area contributed by atoms with Gasteiger partial charge in [0.25, 0.3) is 0 Å². The second-order valence-corrected chi connectivity index (χ2v) is 3.11. The molecule has 0 amide bonds. The molecule has 4 nitrogen and oxygen atoms in total. The molecule has 0 aromatic carbocycles. The maximum absolute atomic E-state index is 5.23. The molecule has 0 fully saturated rings. The molecule has 0 aliphatic heterocycles. The van der Waals surface area contributed by atoms with Crippen LogP contribution in [-0.2, 0) is 14.2 Å². The smallest absolute Gasteiger partial charge is 0.0701 e. The highest BCUT2D eigenvalue weighted by Crippen LogP contribution is 1.83. The minimum atomic E-state index is 0.564. The van der Waals surface area contributed by atoms with Crippen molar-refractivity contribution in [3.05, 3.63) is 0 Å². The number of hydrogen-bond donors (Lipinski definition) is 1. The standard InChI is InChI=1S/C8H18BrNO3/c9-1-3-11-5-7-13-8-6-12-4-2-10/h1-8,10H2. The van der Waals surface area contributed by atoms with Gasteiger partial charge in [-0.2, -0.15) is 0 Å². The van der Waals surface area contributed by atoms with E-state index in [0.717, 1.165) is 11.9 Å². The Hall–Kier alpha value is 0.320. The van der Waals surface area contributed by atoms with Crippen LogP contribution in [0.2, 0.25) is 0 Å². The molecule has 13 heavy (non-hydrogen) atoms. The van der Waals surface area contributed by atoms with Crippen molar-refractivity contribution >= 4 is 15.9 Å². The summed E-state index contributed by atoms with van der Waals surface area (Å²) in [6.45, 7) is 4.37. The second-order valence-electron chi connectivity index (χ2n) is 2.31. The molecule has 0 bridgehead atoms. The van der Waals surface area contributed by atoms with Crippen LogP contribution in [0.4, 0.5) is 0 Å². The molecule has 0 spiro atoms. The fourth-order valence-corrected chi connectivity index (χ4v) is 0.909. The van der Waals surface area contributed by atoms with Gasteiger partial charge in [0.2, 0.25) is 0 Å². The lowest BCUT2D eigenvalue weighted by Gasteiger charge is -2.04. The summed E-state index contributed by atoms with van der Waals surface area (Å²) in [5.41, 5.74) is 5.23. The van der Waals surface area contributed by atoms with Gasteiger partial charge in [0.1, 0.15) is 0 Å². The van der Waals surface area contributed by atoms with Gasteiger partial charge in [0.05, 0.1) is 39.6 Å². The van der Waals surface area contributed by atoms with Crippen LogP contribution >= 0.6 is 15.9 Å². The lowest BCUT2D eigenvalue weighted by Crippen LogP contribution is -2.13. The zero-order valence-corrected chi connectivity index (χ0v) is 9.42. The average Bonchev–Trinajstić information content (AvgIpc) is 2.16. The lowest BCUT2D eigenvalue weighted by atomic mass is 10.7. The van der Waals surface area contributed by atoms with Gasteiger partial charge in [-0.25, -0.2) is 0 Å². The third-order valence-corrected chi connectivity index (χ3v) is 1.55. The fraction of sp³-hybridized carbons (Fsp3) is 1.00. The van der Waals surface area contributed by atoms with Gasteiger partial charge in [0, 0.05) is 11.9 Å². The first-order valence-electron chi connectivity index (χ1n) is 4.41. The highest BCUT2D eigenvalue weighted by molar-refractivity contribution is 9.09. The third-order valence-electron chi connectivity index (χ3n) is 1.23. The molecule has 0 aliphatic rings. The Morgan fingerprint density at radius 3 is 1.69 bits per heavy atom. The zero-order valence-electron chi connectivity index (χ0n) is 7.84. The molecule has 0 heterocycles. The number of ether oxygens (including phenoxy) is 3. The van der Waals surface area contributed by atoms with E-state index in [1.54, 1.807) is 0 Å². The Kier molecular flexibility index (Phi) is 12.6. The van der Waals surface area contributed by atoms with Gasteiger partial charge in [-0.05, 0) is 0 Å². The van der Waals surface area contributed by atoms with Crippen molar-refractivity contribution in [2.24, 2.45) is 5.73 Å². The van der Waals surface area contributed by atoms with E-state index in [9.17, 15) is 0 Å². The molecule has 0 saturated heterocycles. The molecule has 0 unspecified atom stereocenters. The van der Waals surface area contributed by atoms with E-state index in [4.69, 9.17) is 19.9 Å². The maximum Gasteiger partial charge on any atom is 0.0701 e. The summed E-state index contributed by atoms with van der Waals surface area (Å²) < 4.78 is 15.5. The predicted molar refractivity (Wildman–Crippen MR) is 55.3 cm³/mol. The van der Waals surface area contributed by atoms with Crippen molar-refractivity contribution in [2.75, 3.05) is 51.5 Å². The first kappa shape index (κ1) is 13.3. The molecule has 0 radical (unpaired) electrons. The van der Waals surface area contributed by atoms with E-state index in [-0.39, 0.29) is 0 Å². The number of alkyl halides is 1. The van der Waals surface area contributed by atoms with Gasteiger partial charge >= 0.3 is 0 Å². The van der Waals surface area contributed by atoms with Crippen LogP contribution in [-0.4, -0.2) is 51.5 Å². The van der Waals surface area contributed by atoms with Crippen molar-refractivity contribution in [3.63, 3.8) is 0 Å². The number of halogens is 1. The lowest BCUT2D eigenvalue weighted by molar-refractivity contribution is 0.0191. The SMILES string of the molecule is NCCOCCOCCOCCBr. The Morgan fingerprint density at radius 2 is 1.23 bits per heavy atom. The minimum absolute atomic E-state index is 0.564. The summed E-state index contributed by atoms with van der Waals surface area (Å²) >= 11 is 3.26. The Bertz CT molecular complexity index is 85.5. The van der Waals surface area contributed by atoms with E-state index >= 15 is 0 Å². The van der Waals surface area contributed by atoms with E-state index in [1.807, 2.05) is 0 Å². The summed E-state index contributed by atoms with van der Waals surface area (Å²) in [4.78, 5) is 0. The molecule has 0 rings (SSSR count). The summed E-state index contributed by atoms with van der Waals surface area (Å²) in [6.07, 6.45) is 0. The van der Waals surface area contributed by atoms with Crippen molar-refractivity contribution in [1.29, 1.82) is 0 Å². The van der Waals surface area contributed by atoms with Crippen LogP contribution in [0.1, 0.15) is 0 Å². The van der Waals surface area contributed by atoms with E-state index in [1.165, 1.54) is 0 Å². The number of rotatable bonds is 10. The largest absolute Gasteiger partial charge is 0.378 e. The second kappa shape index (κ2) is 12.3. The molecule has 0 saturated carbocycles. The molecular weight excluding hydrogens is 238 g/mol. The summed E-state index contributed by atoms with van der Waals surface area (Å²) in [5.74, 6) is 0. The van der Waals surface area contributed by atoms with Crippen molar-refractivity contribution < 1.29 is 14.2 Å². The summed E-state index contributed by atoms with van der Waals surface area (Å²) in [6, 6.07) is 0. The fourth-order valence-electron chi connectivity index (χ4n) is 0.680. The van der Waals surface area contributed by atoms with Crippen molar-refractivity contribution in [2.45, 2.75) is 0 Å². The molecule has 80 valence electrons. The Morgan fingerprint density at radius 1 is 0.769 bits per heavy atom. The highest BCUT2D eigenvalue weighted by Gasteiger charge is 1.89. The quantitative estimate of drug-likeness (QED) is 0.454. The molecule has 2 N–H and O–H groups in total. The highest BCUT2D eigenvalue weighted by atomic mass is 79.9. The van der Waals surface area contributed by atoms with E-state index in [0.29, 0.717) is 39.6 Å². The van der Waals surface area contributed by atoms with Crippen LogP contribution in [0.25, 0.3) is 0 Å². The summed E-state index contributed by atoms with van der Waals surface area (Å²) in [5, 5.41) is 0.868. The van der Waals surface area contributed by atoms with Gasteiger partial charge in [-0.15, -0.1) is 0 Å². The van der Waals surface area contributed by atoms with Gasteiger partial charge in [0.15, 0.2) is 0 Å². The molecule has 0 atom stereocenters. The third kappa shape index (κ3) is 12.3.